The van der Waals surface area contributed by atoms with Gasteiger partial charge < -0.3 is 20.9 Å². The molecule has 0 radical (unpaired) electrons. The van der Waals surface area contributed by atoms with Gasteiger partial charge in [-0.05, 0) is 62.7 Å². The van der Waals surface area contributed by atoms with Gasteiger partial charge in [-0.2, -0.15) is 0 Å². The Bertz CT molecular complexity index is 925. The fourth-order valence-electron chi connectivity index (χ4n) is 3.34. The van der Waals surface area contributed by atoms with E-state index >= 15 is 0 Å². The maximum absolute atomic E-state index is 12.4. The Morgan fingerprint density at radius 1 is 1.03 bits per heavy atom. The molecular weight excluding hydrogens is 419 g/mol. The minimum Gasteiger partial charge on any atom is -0.351 e. The molecular formula is C23H32Cl2N4O. The molecule has 30 heavy (non-hydrogen) atoms. The molecule has 3 aromatic rings. The zero-order valence-electron chi connectivity index (χ0n) is 17.6. The zero-order valence-corrected chi connectivity index (χ0v) is 19.2. The van der Waals surface area contributed by atoms with Gasteiger partial charge in [-0.1, -0.05) is 35.9 Å². The van der Waals surface area contributed by atoms with Crippen LogP contribution in [0.3, 0.4) is 0 Å². The van der Waals surface area contributed by atoms with Crippen molar-refractivity contribution in [3.8, 4) is 0 Å². The van der Waals surface area contributed by atoms with Crippen molar-refractivity contribution >= 4 is 41.6 Å². The van der Waals surface area contributed by atoms with Crippen LogP contribution in [0.5, 0.6) is 0 Å². The number of carbonyl (C=O) groups is 1. The Balaban J connectivity index is 0.00000225. The molecule has 1 amide bonds. The summed E-state index contributed by atoms with van der Waals surface area (Å²) in [6.45, 7) is 5.11. The van der Waals surface area contributed by atoms with Crippen molar-refractivity contribution in [2.75, 3.05) is 26.7 Å². The number of benzene rings is 2. The van der Waals surface area contributed by atoms with Crippen LogP contribution in [0.1, 0.15) is 33.6 Å². The summed E-state index contributed by atoms with van der Waals surface area (Å²) in [7, 11) is 2.09. The van der Waals surface area contributed by atoms with Crippen LogP contribution in [0.15, 0.2) is 48.5 Å². The van der Waals surface area contributed by atoms with Crippen LogP contribution in [0.4, 0.5) is 0 Å². The Kier molecular flexibility index (Phi) is 10.9. The van der Waals surface area contributed by atoms with Gasteiger partial charge in [0.15, 0.2) is 0 Å². The average Bonchev–Trinajstić information content (AvgIpc) is 3.11. The molecule has 0 unspecified atom stereocenters. The summed E-state index contributed by atoms with van der Waals surface area (Å²) in [6.07, 6.45) is 2.14. The van der Waals surface area contributed by atoms with E-state index < -0.39 is 0 Å². The fraction of sp³-hybridized carbons (Fsp3) is 0.348. The minimum atomic E-state index is -0.0535. The van der Waals surface area contributed by atoms with Crippen molar-refractivity contribution in [2.45, 2.75) is 26.3 Å². The SMILES string of the molecule is Cc1ccc2[nH]c(C(=O)NCCN(C)CCCc3ccc(CN)cc3)cc2c1.Cl.Cl. The summed E-state index contributed by atoms with van der Waals surface area (Å²) in [5.74, 6) is -0.0535. The lowest BCUT2D eigenvalue weighted by molar-refractivity contribution is 0.0945. The minimum absolute atomic E-state index is 0. The second-order valence-corrected chi connectivity index (χ2v) is 7.46. The number of carbonyl (C=O) groups excluding carboxylic acids is 1. The number of aromatic amines is 1. The first-order valence-corrected chi connectivity index (χ1v) is 9.89. The fourth-order valence-corrected chi connectivity index (χ4v) is 3.34. The summed E-state index contributed by atoms with van der Waals surface area (Å²) in [6, 6.07) is 16.6. The molecule has 0 spiro atoms. The van der Waals surface area contributed by atoms with E-state index in [0.717, 1.165) is 36.8 Å². The Labute approximate surface area is 191 Å². The van der Waals surface area contributed by atoms with Crippen molar-refractivity contribution in [1.29, 1.82) is 0 Å². The van der Waals surface area contributed by atoms with Crippen LogP contribution in [-0.2, 0) is 13.0 Å². The van der Waals surface area contributed by atoms with Gasteiger partial charge in [0.05, 0.1) is 0 Å². The number of rotatable bonds is 9. The highest BCUT2D eigenvalue weighted by molar-refractivity contribution is 5.98. The lowest BCUT2D eigenvalue weighted by atomic mass is 10.1. The lowest BCUT2D eigenvalue weighted by Gasteiger charge is -2.16. The monoisotopic (exact) mass is 450 g/mol. The topological polar surface area (TPSA) is 74.2 Å². The van der Waals surface area contributed by atoms with Crippen molar-refractivity contribution < 1.29 is 4.79 Å². The standard InChI is InChI=1S/C23H30N4O.2ClH/c1-17-5-10-21-20(14-17)15-22(26-21)23(28)25-11-13-27(2)12-3-4-18-6-8-19(16-24)9-7-18;;/h5-10,14-15,26H,3-4,11-13,16,24H2,1-2H3,(H,25,28);2*1H. The highest BCUT2D eigenvalue weighted by Gasteiger charge is 2.09. The third-order valence-corrected chi connectivity index (χ3v) is 5.06. The third-order valence-electron chi connectivity index (χ3n) is 5.06. The van der Waals surface area contributed by atoms with Gasteiger partial charge in [-0.3, -0.25) is 4.79 Å². The zero-order chi connectivity index (χ0) is 19.9. The predicted molar refractivity (Wildman–Crippen MR) is 130 cm³/mol. The van der Waals surface area contributed by atoms with Crippen LogP contribution < -0.4 is 11.1 Å². The molecule has 0 saturated carbocycles. The molecule has 5 nitrogen and oxygen atoms in total. The van der Waals surface area contributed by atoms with Crippen molar-refractivity contribution in [3.63, 3.8) is 0 Å². The van der Waals surface area contributed by atoms with Crippen molar-refractivity contribution in [1.82, 2.24) is 15.2 Å². The van der Waals surface area contributed by atoms with E-state index in [2.05, 4.69) is 59.5 Å². The normalized spacial score (nSPS) is 10.5. The molecule has 0 aliphatic heterocycles. The largest absolute Gasteiger partial charge is 0.351 e. The van der Waals surface area contributed by atoms with Gasteiger partial charge in [0.25, 0.3) is 5.91 Å². The Morgan fingerprint density at radius 3 is 2.43 bits per heavy atom. The lowest BCUT2D eigenvalue weighted by Crippen LogP contribution is -2.33. The molecule has 0 atom stereocenters. The number of hydrogen-bond donors (Lipinski definition) is 3. The average molecular weight is 451 g/mol. The molecule has 0 saturated heterocycles. The van der Waals surface area contributed by atoms with E-state index in [-0.39, 0.29) is 30.7 Å². The summed E-state index contributed by atoms with van der Waals surface area (Å²) in [4.78, 5) is 17.8. The van der Waals surface area contributed by atoms with Crippen molar-refractivity contribution in [2.24, 2.45) is 5.73 Å². The van der Waals surface area contributed by atoms with E-state index in [9.17, 15) is 4.79 Å². The summed E-state index contributed by atoms with van der Waals surface area (Å²) < 4.78 is 0. The first-order chi connectivity index (χ1) is 13.5. The molecule has 4 N–H and O–H groups in total. The van der Waals surface area contributed by atoms with E-state index in [4.69, 9.17) is 5.73 Å². The van der Waals surface area contributed by atoms with Gasteiger partial charge in [-0.25, -0.2) is 0 Å². The van der Waals surface area contributed by atoms with E-state index in [0.29, 0.717) is 18.8 Å². The number of H-pyrrole nitrogens is 1. The van der Waals surface area contributed by atoms with Crippen molar-refractivity contribution in [3.05, 3.63) is 70.9 Å². The van der Waals surface area contributed by atoms with Crippen LogP contribution in [0.2, 0.25) is 0 Å². The number of nitrogens with zero attached hydrogens (tertiary/aromatic N) is 1. The number of nitrogens with one attached hydrogen (secondary N) is 2. The number of aryl methyl sites for hydroxylation is 2. The molecule has 0 aliphatic carbocycles. The Hall–Kier alpha value is -2.05. The van der Waals surface area contributed by atoms with Gasteiger partial charge in [0, 0.05) is 30.5 Å². The molecule has 164 valence electrons. The molecule has 7 heteroatoms. The molecule has 2 aromatic carbocycles. The number of aromatic nitrogens is 1. The second-order valence-electron chi connectivity index (χ2n) is 7.46. The predicted octanol–water partition coefficient (Wildman–Crippen LogP) is 4.07. The van der Waals surface area contributed by atoms with E-state index in [1.807, 2.05) is 18.2 Å². The molecule has 3 rings (SSSR count). The van der Waals surface area contributed by atoms with E-state index in [1.165, 1.54) is 16.7 Å². The van der Waals surface area contributed by atoms with Crippen LogP contribution >= 0.6 is 24.8 Å². The maximum Gasteiger partial charge on any atom is 0.267 e. The van der Waals surface area contributed by atoms with Crippen LogP contribution in [0.25, 0.3) is 10.9 Å². The Morgan fingerprint density at radius 2 is 1.73 bits per heavy atom. The third kappa shape index (κ3) is 7.33. The van der Waals surface area contributed by atoms with Gasteiger partial charge in [0.2, 0.25) is 0 Å². The van der Waals surface area contributed by atoms with Gasteiger partial charge in [-0.15, -0.1) is 24.8 Å². The summed E-state index contributed by atoms with van der Waals surface area (Å²) in [5.41, 5.74) is 10.9. The van der Waals surface area contributed by atoms with Crippen LogP contribution in [0, 0.1) is 6.92 Å². The molecule has 1 heterocycles. The second kappa shape index (κ2) is 12.6. The van der Waals surface area contributed by atoms with Gasteiger partial charge >= 0.3 is 0 Å². The first kappa shape index (κ1) is 26.0. The molecule has 0 aliphatic rings. The highest BCUT2D eigenvalue weighted by Crippen LogP contribution is 2.16. The molecule has 0 bridgehead atoms. The van der Waals surface area contributed by atoms with Crippen LogP contribution in [-0.4, -0.2) is 42.5 Å². The number of amides is 1. The maximum atomic E-state index is 12.4. The number of hydrogen-bond acceptors (Lipinski definition) is 3. The summed E-state index contributed by atoms with van der Waals surface area (Å²) in [5, 5.41) is 4.07. The quantitative estimate of drug-likeness (QED) is 0.459. The van der Waals surface area contributed by atoms with Gasteiger partial charge in [0.1, 0.15) is 5.69 Å². The summed E-state index contributed by atoms with van der Waals surface area (Å²) >= 11 is 0. The molecule has 1 aromatic heterocycles. The number of fused-ring (bicyclic) bond motifs is 1. The number of likely N-dealkylation sites (N-methyl/N-ethyl adjacent to an activating group) is 1. The first-order valence-electron chi connectivity index (χ1n) is 9.89. The number of nitrogens with two attached hydrogens (primary N) is 1. The smallest absolute Gasteiger partial charge is 0.267 e. The molecule has 0 fully saturated rings. The van der Waals surface area contributed by atoms with E-state index in [1.54, 1.807) is 0 Å². The highest BCUT2D eigenvalue weighted by atomic mass is 35.5. The number of halogens is 2.